The first kappa shape index (κ1) is 13.4. The van der Waals surface area contributed by atoms with Crippen LogP contribution in [0.15, 0.2) is 36.5 Å². The van der Waals surface area contributed by atoms with Crippen molar-refractivity contribution in [1.29, 1.82) is 0 Å². The highest BCUT2D eigenvalue weighted by atomic mass is 15.1. The van der Waals surface area contributed by atoms with Crippen LogP contribution in [0.4, 0.5) is 0 Å². The largest absolute Gasteiger partial charge is 0.312 e. The van der Waals surface area contributed by atoms with Gasteiger partial charge in [-0.25, -0.2) is 0 Å². The van der Waals surface area contributed by atoms with Crippen LogP contribution in [0.5, 0.6) is 0 Å². The Labute approximate surface area is 120 Å². The molecule has 1 fully saturated rings. The summed E-state index contributed by atoms with van der Waals surface area (Å²) < 4.78 is 0. The Kier molecular flexibility index (Phi) is 3.88. The molecule has 0 spiro atoms. The van der Waals surface area contributed by atoms with Gasteiger partial charge in [-0.05, 0) is 30.2 Å². The Morgan fingerprint density at radius 3 is 2.70 bits per heavy atom. The summed E-state index contributed by atoms with van der Waals surface area (Å²) in [5.41, 5.74) is 4.16. The van der Waals surface area contributed by atoms with E-state index in [4.69, 9.17) is 0 Å². The fourth-order valence-corrected chi connectivity index (χ4v) is 3.09. The van der Waals surface area contributed by atoms with Crippen LogP contribution in [-0.4, -0.2) is 16.7 Å². The molecule has 0 radical (unpaired) electrons. The fourth-order valence-electron chi connectivity index (χ4n) is 3.09. The first-order valence-electron chi connectivity index (χ1n) is 7.61. The lowest BCUT2D eigenvalue weighted by molar-refractivity contribution is 0.124. The van der Waals surface area contributed by atoms with Crippen molar-refractivity contribution < 1.29 is 0 Å². The van der Waals surface area contributed by atoms with E-state index in [0.717, 1.165) is 18.8 Å². The summed E-state index contributed by atoms with van der Waals surface area (Å²) >= 11 is 0. The molecule has 20 heavy (non-hydrogen) atoms. The van der Waals surface area contributed by atoms with Crippen molar-refractivity contribution in [1.82, 2.24) is 15.5 Å². The minimum absolute atomic E-state index is 0.566. The molecular formula is C17H23N3. The number of rotatable bonds is 6. The van der Waals surface area contributed by atoms with E-state index in [0.29, 0.717) is 5.41 Å². The smallest absolute Gasteiger partial charge is 0.0695 e. The van der Waals surface area contributed by atoms with Gasteiger partial charge in [0, 0.05) is 18.7 Å². The zero-order valence-corrected chi connectivity index (χ0v) is 12.2. The van der Waals surface area contributed by atoms with E-state index in [1.54, 1.807) is 0 Å². The number of aromatic nitrogens is 2. The van der Waals surface area contributed by atoms with Gasteiger partial charge in [0.1, 0.15) is 0 Å². The van der Waals surface area contributed by atoms with Crippen LogP contribution in [0.1, 0.15) is 38.2 Å². The van der Waals surface area contributed by atoms with Crippen molar-refractivity contribution in [2.24, 2.45) is 5.41 Å². The number of aromatic amines is 1. The Bertz CT molecular complexity index is 535. The first-order chi connectivity index (χ1) is 9.83. The zero-order valence-electron chi connectivity index (χ0n) is 12.2. The summed E-state index contributed by atoms with van der Waals surface area (Å²) in [7, 11) is 0. The minimum atomic E-state index is 0.566. The van der Waals surface area contributed by atoms with Gasteiger partial charge in [0.05, 0.1) is 11.9 Å². The van der Waals surface area contributed by atoms with Crippen LogP contribution in [0.25, 0.3) is 11.3 Å². The molecule has 1 aliphatic rings. The third kappa shape index (κ3) is 2.63. The Balaban J connectivity index is 1.63. The van der Waals surface area contributed by atoms with Crippen molar-refractivity contribution in [2.45, 2.75) is 39.2 Å². The highest BCUT2D eigenvalue weighted by Crippen LogP contribution is 2.43. The molecule has 0 unspecified atom stereocenters. The van der Waals surface area contributed by atoms with Crippen molar-refractivity contribution in [3.63, 3.8) is 0 Å². The molecule has 1 aromatic heterocycles. The van der Waals surface area contributed by atoms with Crippen molar-refractivity contribution in [3.8, 4) is 11.3 Å². The van der Waals surface area contributed by atoms with Crippen molar-refractivity contribution in [3.05, 3.63) is 42.1 Å². The Morgan fingerprint density at radius 2 is 2.05 bits per heavy atom. The van der Waals surface area contributed by atoms with Crippen molar-refractivity contribution in [2.75, 3.05) is 6.54 Å². The molecule has 106 valence electrons. The van der Waals surface area contributed by atoms with Crippen molar-refractivity contribution >= 4 is 0 Å². The highest BCUT2D eigenvalue weighted by molar-refractivity contribution is 5.62. The lowest BCUT2D eigenvalue weighted by Gasteiger charge is -2.41. The van der Waals surface area contributed by atoms with Crippen LogP contribution >= 0.6 is 0 Å². The molecular weight excluding hydrogens is 246 g/mol. The molecule has 0 saturated heterocycles. The van der Waals surface area contributed by atoms with Gasteiger partial charge >= 0.3 is 0 Å². The van der Waals surface area contributed by atoms with Gasteiger partial charge in [-0.2, -0.15) is 5.10 Å². The Hall–Kier alpha value is -1.61. The number of nitrogens with one attached hydrogen (secondary N) is 2. The van der Waals surface area contributed by atoms with Crippen LogP contribution in [0.3, 0.4) is 0 Å². The monoisotopic (exact) mass is 269 g/mol. The second-order valence-corrected chi connectivity index (χ2v) is 5.95. The van der Waals surface area contributed by atoms with E-state index >= 15 is 0 Å². The molecule has 2 N–H and O–H groups in total. The standard InChI is InChI=1S/C17H23N3/c1-2-17(9-6-10-17)13-18-11-15-12-19-20-16(15)14-7-4-3-5-8-14/h3-5,7-8,12,18H,2,6,9-11,13H2,1H3,(H,19,20). The lowest BCUT2D eigenvalue weighted by atomic mass is 9.67. The van der Waals surface area contributed by atoms with Gasteiger partial charge in [-0.1, -0.05) is 43.7 Å². The summed E-state index contributed by atoms with van der Waals surface area (Å²) in [5, 5.41) is 11.0. The molecule has 0 amide bonds. The molecule has 0 aliphatic heterocycles. The number of benzene rings is 1. The van der Waals surface area contributed by atoms with E-state index in [1.807, 2.05) is 12.3 Å². The Morgan fingerprint density at radius 1 is 1.25 bits per heavy atom. The second-order valence-electron chi connectivity index (χ2n) is 5.95. The maximum absolute atomic E-state index is 4.20. The van der Waals surface area contributed by atoms with Gasteiger partial charge in [-0.3, -0.25) is 5.10 Å². The van der Waals surface area contributed by atoms with Gasteiger partial charge in [0.15, 0.2) is 0 Å². The molecule has 0 atom stereocenters. The molecule has 3 heteroatoms. The molecule has 1 saturated carbocycles. The van der Waals surface area contributed by atoms with Crippen LogP contribution in [-0.2, 0) is 6.54 Å². The lowest BCUT2D eigenvalue weighted by Crippen LogP contribution is -2.39. The van der Waals surface area contributed by atoms with Crippen LogP contribution in [0.2, 0.25) is 0 Å². The molecule has 1 aromatic carbocycles. The average molecular weight is 269 g/mol. The maximum atomic E-state index is 4.20. The summed E-state index contributed by atoms with van der Waals surface area (Å²) in [6, 6.07) is 10.4. The summed E-state index contributed by atoms with van der Waals surface area (Å²) in [5.74, 6) is 0. The summed E-state index contributed by atoms with van der Waals surface area (Å²) in [4.78, 5) is 0. The van der Waals surface area contributed by atoms with Gasteiger partial charge < -0.3 is 5.32 Å². The van der Waals surface area contributed by atoms with Gasteiger partial charge in [-0.15, -0.1) is 0 Å². The fraction of sp³-hybridized carbons (Fsp3) is 0.471. The number of H-pyrrole nitrogens is 1. The quantitative estimate of drug-likeness (QED) is 0.838. The molecule has 3 nitrogen and oxygen atoms in total. The maximum Gasteiger partial charge on any atom is 0.0695 e. The third-order valence-corrected chi connectivity index (χ3v) is 4.76. The average Bonchev–Trinajstić information content (AvgIpc) is 2.91. The van der Waals surface area contributed by atoms with Gasteiger partial charge in [0.2, 0.25) is 0 Å². The van der Waals surface area contributed by atoms with Crippen LogP contribution < -0.4 is 5.32 Å². The summed E-state index contributed by atoms with van der Waals surface area (Å²) in [6.45, 7) is 4.33. The normalized spacial score (nSPS) is 16.9. The SMILES string of the molecule is CCC1(CNCc2cn[nH]c2-c2ccccc2)CCC1. The minimum Gasteiger partial charge on any atom is -0.312 e. The third-order valence-electron chi connectivity index (χ3n) is 4.76. The molecule has 3 rings (SSSR count). The van der Waals surface area contributed by atoms with Gasteiger partial charge in [0.25, 0.3) is 0 Å². The van der Waals surface area contributed by atoms with E-state index < -0.39 is 0 Å². The molecule has 0 bridgehead atoms. The number of hydrogen-bond donors (Lipinski definition) is 2. The van der Waals surface area contributed by atoms with E-state index in [9.17, 15) is 0 Å². The first-order valence-corrected chi connectivity index (χ1v) is 7.61. The zero-order chi connectivity index (χ0) is 13.8. The van der Waals surface area contributed by atoms with E-state index in [-0.39, 0.29) is 0 Å². The number of hydrogen-bond acceptors (Lipinski definition) is 2. The predicted molar refractivity (Wildman–Crippen MR) is 82.3 cm³/mol. The topological polar surface area (TPSA) is 40.7 Å². The highest BCUT2D eigenvalue weighted by Gasteiger charge is 2.34. The predicted octanol–water partition coefficient (Wildman–Crippen LogP) is 3.75. The molecule has 1 aliphatic carbocycles. The van der Waals surface area contributed by atoms with E-state index in [1.165, 1.54) is 36.8 Å². The van der Waals surface area contributed by atoms with Crippen LogP contribution in [0, 0.1) is 5.41 Å². The molecule has 1 heterocycles. The number of nitrogens with zero attached hydrogens (tertiary/aromatic N) is 1. The second kappa shape index (κ2) is 5.80. The van der Waals surface area contributed by atoms with E-state index in [2.05, 4.69) is 46.7 Å². The molecule has 2 aromatic rings. The summed E-state index contributed by atoms with van der Waals surface area (Å²) in [6.07, 6.45) is 7.39.